The molecule has 0 aliphatic carbocycles. The molecule has 3 heteroatoms. The number of carbonyl (C=O) groups is 1. The number of nitrogens with zero attached hydrogens (tertiary/aromatic N) is 1. The molecule has 0 spiro atoms. The van der Waals surface area contributed by atoms with Crippen molar-refractivity contribution in [1.82, 2.24) is 4.98 Å². The lowest BCUT2D eigenvalue weighted by Crippen LogP contribution is -1.97. The number of allylic oxidation sites excluding steroid dienone is 1. The summed E-state index contributed by atoms with van der Waals surface area (Å²) in [6.45, 7) is 0. The van der Waals surface area contributed by atoms with Crippen molar-refractivity contribution in [3.8, 4) is 5.75 Å². The number of fused-ring (bicyclic) bond motifs is 1. The summed E-state index contributed by atoms with van der Waals surface area (Å²) in [6, 6.07) is 17.0. The van der Waals surface area contributed by atoms with E-state index in [-0.39, 0.29) is 5.78 Å². The second-order valence-electron chi connectivity index (χ2n) is 4.85. The number of hydrogen-bond donors (Lipinski definition) is 0. The van der Waals surface area contributed by atoms with E-state index in [1.165, 1.54) is 0 Å². The van der Waals surface area contributed by atoms with E-state index in [0.717, 1.165) is 16.5 Å². The van der Waals surface area contributed by atoms with Gasteiger partial charge < -0.3 is 4.74 Å². The minimum absolute atomic E-state index is 0.0514. The normalized spacial score (nSPS) is 11.0. The Balaban J connectivity index is 1.98. The molecule has 3 rings (SSSR count). The van der Waals surface area contributed by atoms with Gasteiger partial charge in [-0.25, -0.2) is 0 Å². The summed E-state index contributed by atoms with van der Waals surface area (Å²) >= 11 is 0. The van der Waals surface area contributed by atoms with Crippen molar-refractivity contribution in [3.05, 3.63) is 78.0 Å². The van der Waals surface area contributed by atoms with E-state index in [2.05, 4.69) is 4.98 Å². The van der Waals surface area contributed by atoms with Crippen molar-refractivity contribution in [2.24, 2.45) is 0 Å². The Labute approximate surface area is 128 Å². The number of ether oxygens (including phenoxy) is 1. The van der Waals surface area contributed by atoms with Crippen molar-refractivity contribution in [2.45, 2.75) is 0 Å². The highest BCUT2D eigenvalue weighted by Crippen LogP contribution is 2.23. The van der Waals surface area contributed by atoms with Crippen LogP contribution in [-0.2, 0) is 0 Å². The molecular weight excluding hydrogens is 274 g/mol. The summed E-state index contributed by atoms with van der Waals surface area (Å²) in [6.07, 6.45) is 5.05. The van der Waals surface area contributed by atoms with Crippen LogP contribution in [0.1, 0.15) is 15.9 Å². The summed E-state index contributed by atoms with van der Waals surface area (Å²) in [5.41, 5.74) is 2.39. The van der Waals surface area contributed by atoms with E-state index in [9.17, 15) is 4.79 Å². The standard InChI is InChI=1S/C19H15NO2/c1-22-15-8-9-18-17(13-15)16(11-12-20-18)19(21)10-7-14-5-3-2-4-6-14/h2-13H,1H3. The topological polar surface area (TPSA) is 39.2 Å². The molecule has 0 aliphatic rings. The number of carbonyl (C=O) groups excluding carboxylic acids is 1. The third-order valence-corrected chi connectivity index (χ3v) is 3.44. The molecule has 0 amide bonds. The minimum atomic E-state index is -0.0514. The molecule has 0 unspecified atom stereocenters. The lowest BCUT2D eigenvalue weighted by Gasteiger charge is -2.05. The van der Waals surface area contributed by atoms with Crippen molar-refractivity contribution in [2.75, 3.05) is 7.11 Å². The molecule has 0 saturated heterocycles. The van der Waals surface area contributed by atoms with Crippen LogP contribution in [-0.4, -0.2) is 17.9 Å². The molecule has 2 aromatic carbocycles. The summed E-state index contributed by atoms with van der Waals surface area (Å²) < 4.78 is 5.23. The van der Waals surface area contributed by atoms with Gasteiger partial charge in [-0.1, -0.05) is 36.4 Å². The third-order valence-electron chi connectivity index (χ3n) is 3.44. The fourth-order valence-electron chi connectivity index (χ4n) is 2.29. The summed E-state index contributed by atoms with van der Waals surface area (Å²) in [4.78, 5) is 16.8. The predicted octanol–water partition coefficient (Wildman–Crippen LogP) is 4.14. The van der Waals surface area contributed by atoms with E-state index < -0.39 is 0 Å². The first-order valence-corrected chi connectivity index (χ1v) is 6.98. The van der Waals surface area contributed by atoms with E-state index in [1.54, 1.807) is 25.4 Å². The van der Waals surface area contributed by atoms with Gasteiger partial charge in [-0.3, -0.25) is 9.78 Å². The Morgan fingerprint density at radius 1 is 1.09 bits per heavy atom. The quantitative estimate of drug-likeness (QED) is 0.535. The molecule has 108 valence electrons. The number of pyridine rings is 1. The molecule has 0 fully saturated rings. The molecule has 0 radical (unpaired) electrons. The van der Waals surface area contributed by atoms with E-state index >= 15 is 0 Å². The fraction of sp³-hybridized carbons (Fsp3) is 0.0526. The summed E-state index contributed by atoms with van der Waals surface area (Å²) in [5, 5.41) is 0.796. The molecule has 3 nitrogen and oxygen atoms in total. The average molecular weight is 289 g/mol. The third kappa shape index (κ3) is 2.88. The van der Waals surface area contributed by atoms with Gasteiger partial charge in [0.15, 0.2) is 5.78 Å². The van der Waals surface area contributed by atoms with Gasteiger partial charge in [-0.15, -0.1) is 0 Å². The highest BCUT2D eigenvalue weighted by Gasteiger charge is 2.09. The van der Waals surface area contributed by atoms with E-state index in [4.69, 9.17) is 4.74 Å². The first-order chi connectivity index (χ1) is 10.8. The van der Waals surface area contributed by atoms with Gasteiger partial charge in [-0.2, -0.15) is 0 Å². The van der Waals surface area contributed by atoms with Gasteiger partial charge in [-0.05, 0) is 35.9 Å². The van der Waals surface area contributed by atoms with Crippen LogP contribution in [0.25, 0.3) is 17.0 Å². The van der Waals surface area contributed by atoms with Gasteiger partial charge in [0, 0.05) is 17.1 Å². The second kappa shape index (κ2) is 6.22. The Morgan fingerprint density at radius 2 is 1.91 bits per heavy atom. The zero-order valence-electron chi connectivity index (χ0n) is 12.2. The van der Waals surface area contributed by atoms with Gasteiger partial charge in [0.1, 0.15) is 5.75 Å². The molecule has 1 aromatic heterocycles. The second-order valence-corrected chi connectivity index (χ2v) is 4.85. The summed E-state index contributed by atoms with van der Waals surface area (Å²) in [5.74, 6) is 0.658. The lowest BCUT2D eigenvalue weighted by molar-refractivity contribution is 0.104. The van der Waals surface area contributed by atoms with Crippen molar-refractivity contribution in [3.63, 3.8) is 0 Å². The highest BCUT2D eigenvalue weighted by molar-refractivity contribution is 6.14. The van der Waals surface area contributed by atoms with Gasteiger partial charge in [0.05, 0.1) is 12.6 Å². The number of aromatic nitrogens is 1. The maximum Gasteiger partial charge on any atom is 0.186 e. The monoisotopic (exact) mass is 289 g/mol. The zero-order valence-corrected chi connectivity index (χ0v) is 12.2. The molecule has 0 N–H and O–H groups in total. The molecule has 0 saturated carbocycles. The van der Waals surface area contributed by atoms with Crippen LogP contribution in [0.3, 0.4) is 0 Å². The Hall–Kier alpha value is -2.94. The van der Waals surface area contributed by atoms with Crippen LogP contribution in [0.15, 0.2) is 66.9 Å². The van der Waals surface area contributed by atoms with E-state index in [1.807, 2.05) is 54.6 Å². The van der Waals surface area contributed by atoms with Crippen LogP contribution in [0.5, 0.6) is 5.75 Å². The number of benzene rings is 2. The van der Waals surface area contributed by atoms with Crippen LogP contribution >= 0.6 is 0 Å². The van der Waals surface area contributed by atoms with Gasteiger partial charge in [0.2, 0.25) is 0 Å². The molecule has 0 aliphatic heterocycles. The lowest BCUT2D eigenvalue weighted by atomic mass is 10.0. The Kier molecular flexibility index (Phi) is 3.97. The number of ketones is 1. The maximum atomic E-state index is 12.5. The SMILES string of the molecule is COc1ccc2nccc(C(=O)C=Cc3ccccc3)c2c1. The zero-order chi connectivity index (χ0) is 15.4. The first-order valence-electron chi connectivity index (χ1n) is 6.98. The average Bonchev–Trinajstić information content (AvgIpc) is 2.59. The van der Waals surface area contributed by atoms with Crippen LogP contribution in [0.2, 0.25) is 0 Å². The first kappa shape index (κ1) is 14.0. The number of methoxy groups -OCH3 is 1. The van der Waals surface area contributed by atoms with Crippen LogP contribution in [0.4, 0.5) is 0 Å². The molecule has 0 atom stereocenters. The highest BCUT2D eigenvalue weighted by atomic mass is 16.5. The van der Waals surface area contributed by atoms with Crippen molar-refractivity contribution < 1.29 is 9.53 Å². The molecule has 0 bridgehead atoms. The molecule has 3 aromatic rings. The number of hydrogen-bond acceptors (Lipinski definition) is 3. The van der Waals surface area contributed by atoms with Crippen molar-refractivity contribution in [1.29, 1.82) is 0 Å². The Bertz CT molecular complexity index is 838. The smallest absolute Gasteiger partial charge is 0.186 e. The fourth-order valence-corrected chi connectivity index (χ4v) is 2.29. The van der Waals surface area contributed by atoms with Crippen LogP contribution in [0, 0.1) is 0 Å². The van der Waals surface area contributed by atoms with Gasteiger partial charge in [0.25, 0.3) is 0 Å². The molecule has 1 heterocycles. The van der Waals surface area contributed by atoms with Gasteiger partial charge >= 0.3 is 0 Å². The molecule has 22 heavy (non-hydrogen) atoms. The van der Waals surface area contributed by atoms with Crippen molar-refractivity contribution >= 4 is 22.8 Å². The van der Waals surface area contributed by atoms with Crippen LogP contribution < -0.4 is 4.74 Å². The Morgan fingerprint density at radius 3 is 2.68 bits per heavy atom. The predicted molar refractivity (Wildman–Crippen MR) is 88.1 cm³/mol. The largest absolute Gasteiger partial charge is 0.497 e. The van der Waals surface area contributed by atoms with E-state index in [0.29, 0.717) is 11.3 Å². The maximum absolute atomic E-state index is 12.5. The molecular formula is C19H15NO2. The summed E-state index contributed by atoms with van der Waals surface area (Å²) in [7, 11) is 1.61. The number of rotatable bonds is 4. The minimum Gasteiger partial charge on any atom is -0.497 e.